The Kier molecular flexibility index (Phi) is 4.06. The summed E-state index contributed by atoms with van der Waals surface area (Å²) in [6.45, 7) is 4.34. The second kappa shape index (κ2) is 5.28. The van der Waals surface area contributed by atoms with E-state index in [2.05, 4.69) is 0 Å². The molecule has 7 heteroatoms. The van der Waals surface area contributed by atoms with Gasteiger partial charge in [0.2, 0.25) is 10.0 Å². The van der Waals surface area contributed by atoms with E-state index in [1.807, 2.05) is 13.8 Å². The minimum Gasteiger partial charge on any atom is -0.398 e. The fourth-order valence-corrected chi connectivity index (χ4v) is 4.14. The lowest BCUT2D eigenvalue weighted by Gasteiger charge is -2.35. The van der Waals surface area contributed by atoms with Crippen LogP contribution in [0.25, 0.3) is 0 Å². The lowest BCUT2D eigenvalue weighted by atomic mass is 10.2. The highest BCUT2D eigenvalue weighted by atomic mass is 35.5. The number of nitrogen functional groups attached to an aromatic ring is 1. The van der Waals surface area contributed by atoms with Gasteiger partial charge >= 0.3 is 0 Å². The van der Waals surface area contributed by atoms with Crippen molar-refractivity contribution in [1.82, 2.24) is 4.31 Å². The highest BCUT2D eigenvalue weighted by Gasteiger charge is 2.35. The zero-order valence-electron chi connectivity index (χ0n) is 10.8. The van der Waals surface area contributed by atoms with Crippen LogP contribution in [0.4, 0.5) is 5.69 Å². The Morgan fingerprint density at radius 2 is 2.11 bits per heavy atom. The van der Waals surface area contributed by atoms with E-state index in [1.165, 1.54) is 16.4 Å². The largest absolute Gasteiger partial charge is 0.398 e. The first-order chi connectivity index (χ1) is 8.82. The molecule has 0 bridgehead atoms. The third-order valence-corrected chi connectivity index (χ3v) is 5.38. The fraction of sp³-hybridized carbons (Fsp3) is 0.500. The number of nitrogens with two attached hydrogens (primary N) is 1. The molecule has 2 atom stereocenters. The van der Waals surface area contributed by atoms with E-state index in [1.54, 1.807) is 6.07 Å². The SMILES string of the molecule is CC1CN(S(=O)(=O)c2cc(Cl)ccc2N)C(C)CO1. The van der Waals surface area contributed by atoms with Gasteiger partial charge in [-0.1, -0.05) is 11.6 Å². The van der Waals surface area contributed by atoms with Gasteiger partial charge < -0.3 is 10.5 Å². The molecular weight excluding hydrogens is 288 g/mol. The molecule has 2 rings (SSSR count). The van der Waals surface area contributed by atoms with Gasteiger partial charge in [0.05, 0.1) is 18.4 Å². The van der Waals surface area contributed by atoms with Crippen LogP contribution in [-0.2, 0) is 14.8 Å². The van der Waals surface area contributed by atoms with E-state index in [0.29, 0.717) is 18.2 Å². The molecule has 0 radical (unpaired) electrons. The van der Waals surface area contributed by atoms with Crippen molar-refractivity contribution in [2.45, 2.75) is 30.9 Å². The van der Waals surface area contributed by atoms with Crippen molar-refractivity contribution in [3.05, 3.63) is 23.2 Å². The Morgan fingerprint density at radius 3 is 2.79 bits per heavy atom. The summed E-state index contributed by atoms with van der Waals surface area (Å²) in [5.74, 6) is 0. The normalized spacial score (nSPS) is 25.4. The summed E-state index contributed by atoms with van der Waals surface area (Å²) in [4.78, 5) is 0.0564. The number of sulfonamides is 1. The maximum Gasteiger partial charge on any atom is 0.245 e. The van der Waals surface area contributed by atoms with Crippen LogP contribution in [0, 0.1) is 0 Å². The Bertz CT molecular complexity index is 576. The third-order valence-electron chi connectivity index (χ3n) is 3.11. The summed E-state index contributed by atoms with van der Waals surface area (Å²) in [7, 11) is -3.65. The standard InChI is InChI=1S/C12H17ClN2O3S/c1-8-7-18-9(2)6-15(8)19(16,17)12-5-10(13)3-4-11(12)14/h3-5,8-9H,6-7,14H2,1-2H3. The van der Waals surface area contributed by atoms with E-state index in [4.69, 9.17) is 22.1 Å². The number of ether oxygens (including phenoxy) is 1. The summed E-state index contributed by atoms with van der Waals surface area (Å²) in [5, 5.41) is 0.349. The van der Waals surface area contributed by atoms with E-state index >= 15 is 0 Å². The van der Waals surface area contributed by atoms with Crippen molar-refractivity contribution in [2.24, 2.45) is 0 Å². The highest BCUT2D eigenvalue weighted by molar-refractivity contribution is 7.89. The van der Waals surface area contributed by atoms with Crippen molar-refractivity contribution < 1.29 is 13.2 Å². The van der Waals surface area contributed by atoms with E-state index in [9.17, 15) is 8.42 Å². The maximum absolute atomic E-state index is 12.6. The molecule has 0 aliphatic carbocycles. The smallest absolute Gasteiger partial charge is 0.245 e. The number of hydrogen-bond donors (Lipinski definition) is 1. The van der Waals surface area contributed by atoms with Crippen LogP contribution >= 0.6 is 11.6 Å². The Balaban J connectivity index is 2.44. The predicted octanol–water partition coefficient (Wildman–Crippen LogP) is 1.72. The minimum absolute atomic E-state index is 0.0564. The number of rotatable bonds is 2. The fourth-order valence-electron chi connectivity index (χ4n) is 2.07. The second-order valence-corrected chi connectivity index (χ2v) is 7.05. The van der Waals surface area contributed by atoms with Crippen molar-refractivity contribution in [2.75, 3.05) is 18.9 Å². The molecule has 0 aromatic heterocycles. The van der Waals surface area contributed by atoms with Crippen molar-refractivity contribution >= 4 is 27.3 Å². The van der Waals surface area contributed by atoms with Crippen LogP contribution < -0.4 is 5.73 Å². The molecule has 1 aliphatic heterocycles. The predicted molar refractivity (Wildman–Crippen MR) is 74.6 cm³/mol. The van der Waals surface area contributed by atoms with Gasteiger partial charge in [-0.25, -0.2) is 8.42 Å². The van der Waals surface area contributed by atoms with Gasteiger partial charge in [-0.05, 0) is 32.0 Å². The molecule has 1 aromatic rings. The molecule has 1 heterocycles. The first kappa shape index (κ1) is 14.6. The van der Waals surface area contributed by atoms with Crippen LogP contribution in [0.2, 0.25) is 5.02 Å². The van der Waals surface area contributed by atoms with E-state index < -0.39 is 10.0 Å². The summed E-state index contributed by atoms with van der Waals surface area (Å²) >= 11 is 5.86. The van der Waals surface area contributed by atoms with Crippen LogP contribution in [0.3, 0.4) is 0 Å². The van der Waals surface area contributed by atoms with Crippen molar-refractivity contribution in [1.29, 1.82) is 0 Å². The monoisotopic (exact) mass is 304 g/mol. The van der Waals surface area contributed by atoms with E-state index in [0.717, 1.165) is 0 Å². The number of morpholine rings is 1. The van der Waals surface area contributed by atoms with Gasteiger partial charge in [0.15, 0.2) is 0 Å². The number of nitrogens with zero attached hydrogens (tertiary/aromatic N) is 1. The zero-order valence-corrected chi connectivity index (χ0v) is 12.4. The molecule has 1 saturated heterocycles. The van der Waals surface area contributed by atoms with Crippen LogP contribution in [0.15, 0.2) is 23.1 Å². The Hall–Kier alpha value is -0.820. The first-order valence-electron chi connectivity index (χ1n) is 6.01. The van der Waals surface area contributed by atoms with Crippen molar-refractivity contribution in [3.8, 4) is 0 Å². The average Bonchev–Trinajstić information content (AvgIpc) is 2.35. The minimum atomic E-state index is -3.65. The van der Waals surface area contributed by atoms with Crippen LogP contribution in [0.5, 0.6) is 0 Å². The first-order valence-corrected chi connectivity index (χ1v) is 7.82. The molecule has 1 aromatic carbocycles. The number of benzene rings is 1. The molecular formula is C12H17ClN2O3S. The van der Waals surface area contributed by atoms with Crippen molar-refractivity contribution in [3.63, 3.8) is 0 Å². The lowest BCUT2D eigenvalue weighted by molar-refractivity contribution is -0.0170. The van der Waals surface area contributed by atoms with Crippen LogP contribution in [-0.4, -0.2) is 38.0 Å². The molecule has 0 amide bonds. The summed E-state index contributed by atoms with van der Waals surface area (Å²) < 4.78 is 32.2. The lowest BCUT2D eigenvalue weighted by Crippen LogP contribution is -2.50. The quantitative estimate of drug-likeness (QED) is 0.844. The Labute approximate surface area is 118 Å². The molecule has 0 spiro atoms. The summed E-state index contributed by atoms with van der Waals surface area (Å²) in [6, 6.07) is 4.24. The summed E-state index contributed by atoms with van der Waals surface area (Å²) in [6.07, 6.45) is -0.133. The number of halogens is 1. The molecule has 5 nitrogen and oxygen atoms in total. The maximum atomic E-state index is 12.6. The molecule has 2 N–H and O–H groups in total. The number of anilines is 1. The number of hydrogen-bond acceptors (Lipinski definition) is 4. The highest BCUT2D eigenvalue weighted by Crippen LogP contribution is 2.28. The molecule has 106 valence electrons. The molecule has 19 heavy (non-hydrogen) atoms. The Morgan fingerprint density at radius 1 is 1.42 bits per heavy atom. The van der Waals surface area contributed by atoms with Gasteiger partial charge in [-0.3, -0.25) is 0 Å². The molecule has 1 aliphatic rings. The van der Waals surface area contributed by atoms with E-state index in [-0.39, 0.29) is 22.7 Å². The van der Waals surface area contributed by atoms with Gasteiger partial charge in [-0.15, -0.1) is 0 Å². The molecule has 1 fully saturated rings. The second-order valence-electron chi connectivity index (χ2n) is 4.75. The molecule has 0 saturated carbocycles. The molecule has 2 unspecified atom stereocenters. The third kappa shape index (κ3) is 2.86. The zero-order chi connectivity index (χ0) is 14.2. The van der Waals surface area contributed by atoms with Gasteiger partial charge in [0, 0.05) is 17.6 Å². The van der Waals surface area contributed by atoms with Gasteiger partial charge in [0.1, 0.15) is 4.90 Å². The van der Waals surface area contributed by atoms with Gasteiger partial charge in [0.25, 0.3) is 0 Å². The van der Waals surface area contributed by atoms with Crippen LogP contribution in [0.1, 0.15) is 13.8 Å². The van der Waals surface area contributed by atoms with Gasteiger partial charge in [-0.2, -0.15) is 4.31 Å². The topological polar surface area (TPSA) is 72.6 Å². The summed E-state index contributed by atoms with van der Waals surface area (Å²) in [5.41, 5.74) is 5.97. The average molecular weight is 305 g/mol.